The molecule has 0 saturated carbocycles. The van der Waals surface area contributed by atoms with Gasteiger partial charge in [0, 0.05) is 24.7 Å². The van der Waals surface area contributed by atoms with Gasteiger partial charge in [-0.1, -0.05) is 6.07 Å². The van der Waals surface area contributed by atoms with E-state index in [9.17, 15) is 10.2 Å². The van der Waals surface area contributed by atoms with Crippen LogP contribution in [-0.2, 0) is 6.54 Å². The molecule has 1 aromatic carbocycles. The summed E-state index contributed by atoms with van der Waals surface area (Å²) in [5.74, 6) is -0.0809. The summed E-state index contributed by atoms with van der Waals surface area (Å²) in [4.78, 5) is 2.37. The highest BCUT2D eigenvalue weighted by molar-refractivity contribution is 5.40. The topological polar surface area (TPSA) is 55.7 Å². The van der Waals surface area contributed by atoms with E-state index in [0.717, 1.165) is 12.1 Å². The van der Waals surface area contributed by atoms with Gasteiger partial charge in [-0.3, -0.25) is 4.90 Å². The molecule has 2 bridgehead atoms. The minimum Gasteiger partial charge on any atom is -0.504 e. The molecule has 104 valence electrons. The van der Waals surface area contributed by atoms with E-state index in [1.54, 1.807) is 12.1 Å². The molecule has 2 heterocycles. The lowest BCUT2D eigenvalue weighted by Crippen LogP contribution is -2.46. The van der Waals surface area contributed by atoms with Gasteiger partial charge in [0.1, 0.15) is 0 Å². The predicted octanol–water partition coefficient (Wildman–Crippen LogP) is 1.81. The van der Waals surface area contributed by atoms with E-state index in [0.29, 0.717) is 18.1 Å². The molecule has 0 radical (unpaired) electrons. The first-order valence-electron chi connectivity index (χ1n) is 7.09. The molecule has 2 saturated heterocycles. The lowest BCUT2D eigenvalue weighted by atomic mass is 9.98. The molecular formula is C15H22N2O2. The average molecular weight is 262 g/mol. The average Bonchev–Trinajstić information content (AvgIpc) is 2.72. The molecular weight excluding hydrogens is 240 g/mol. The Balaban J connectivity index is 1.64. The zero-order valence-corrected chi connectivity index (χ0v) is 11.3. The van der Waals surface area contributed by atoms with Gasteiger partial charge in [0.2, 0.25) is 0 Å². The van der Waals surface area contributed by atoms with Crippen molar-refractivity contribution in [3.63, 3.8) is 0 Å². The van der Waals surface area contributed by atoms with E-state index in [2.05, 4.69) is 17.3 Å². The number of benzene rings is 1. The van der Waals surface area contributed by atoms with Crippen molar-refractivity contribution in [3.05, 3.63) is 23.8 Å². The Morgan fingerprint density at radius 2 is 1.84 bits per heavy atom. The number of hydrogen-bond donors (Lipinski definition) is 3. The number of phenolic OH excluding ortho intramolecular Hbond substituents is 2. The molecule has 2 aliphatic rings. The van der Waals surface area contributed by atoms with Crippen LogP contribution >= 0.6 is 0 Å². The van der Waals surface area contributed by atoms with Crippen LogP contribution in [0.4, 0.5) is 0 Å². The van der Waals surface area contributed by atoms with Crippen LogP contribution in [-0.4, -0.2) is 40.3 Å². The van der Waals surface area contributed by atoms with Crippen molar-refractivity contribution in [2.75, 3.05) is 7.05 Å². The van der Waals surface area contributed by atoms with Gasteiger partial charge in [0.05, 0.1) is 0 Å². The Labute approximate surface area is 114 Å². The third kappa shape index (κ3) is 2.69. The van der Waals surface area contributed by atoms with Gasteiger partial charge < -0.3 is 15.5 Å². The Morgan fingerprint density at radius 3 is 2.47 bits per heavy atom. The number of hydrogen-bond acceptors (Lipinski definition) is 4. The molecule has 2 unspecified atom stereocenters. The first-order valence-corrected chi connectivity index (χ1v) is 7.09. The molecule has 2 atom stereocenters. The minimum atomic E-state index is -0.0497. The lowest BCUT2D eigenvalue weighted by molar-refractivity contribution is 0.166. The quantitative estimate of drug-likeness (QED) is 0.727. The summed E-state index contributed by atoms with van der Waals surface area (Å²) in [6.45, 7) is 0.817. The third-order valence-electron chi connectivity index (χ3n) is 4.54. The van der Waals surface area contributed by atoms with Crippen LogP contribution in [0.3, 0.4) is 0 Å². The van der Waals surface area contributed by atoms with E-state index in [-0.39, 0.29) is 11.5 Å². The Kier molecular flexibility index (Phi) is 3.37. The normalized spacial score (nSPS) is 29.9. The van der Waals surface area contributed by atoms with Gasteiger partial charge in [-0.2, -0.15) is 0 Å². The van der Waals surface area contributed by atoms with Gasteiger partial charge in [0.15, 0.2) is 11.5 Å². The van der Waals surface area contributed by atoms with Crippen LogP contribution in [0.15, 0.2) is 18.2 Å². The van der Waals surface area contributed by atoms with E-state index in [1.165, 1.54) is 25.7 Å². The lowest BCUT2D eigenvalue weighted by Gasteiger charge is -2.35. The van der Waals surface area contributed by atoms with Crippen molar-refractivity contribution < 1.29 is 10.2 Å². The van der Waals surface area contributed by atoms with Crippen molar-refractivity contribution in [2.24, 2.45) is 0 Å². The fourth-order valence-corrected chi connectivity index (χ4v) is 3.47. The van der Waals surface area contributed by atoms with Crippen LogP contribution in [0, 0.1) is 0 Å². The minimum absolute atomic E-state index is 0.0312. The molecule has 0 aromatic heterocycles. The fourth-order valence-electron chi connectivity index (χ4n) is 3.47. The molecule has 0 aliphatic carbocycles. The summed E-state index contributed by atoms with van der Waals surface area (Å²) < 4.78 is 0. The van der Waals surface area contributed by atoms with Crippen molar-refractivity contribution in [1.82, 2.24) is 10.2 Å². The summed E-state index contributed by atoms with van der Waals surface area (Å²) in [5, 5.41) is 22.5. The molecule has 2 aliphatic heterocycles. The summed E-state index contributed by atoms with van der Waals surface area (Å²) in [5.41, 5.74) is 1.05. The summed E-state index contributed by atoms with van der Waals surface area (Å²) >= 11 is 0. The second-order valence-electron chi connectivity index (χ2n) is 6.00. The maximum Gasteiger partial charge on any atom is 0.157 e. The van der Waals surface area contributed by atoms with Crippen LogP contribution in [0.2, 0.25) is 0 Å². The summed E-state index contributed by atoms with van der Waals surface area (Å²) in [7, 11) is 2.15. The van der Waals surface area contributed by atoms with E-state index in [1.807, 2.05) is 6.07 Å². The SMILES string of the molecule is CN(Cc1ccc(O)c(O)c1)C1CC2CCC(C1)N2. The molecule has 19 heavy (non-hydrogen) atoms. The van der Waals surface area contributed by atoms with Crippen LogP contribution in [0.25, 0.3) is 0 Å². The van der Waals surface area contributed by atoms with Crippen molar-refractivity contribution in [2.45, 2.75) is 50.4 Å². The molecule has 2 fully saturated rings. The number of rotatable bonds is 3. The second-order valence-corrected chi connectivity index (χ2v) is 6.00. The van der Waals surface area contributed by atoms with Crippen LogP contribution in [0.5, 0.6) is 11.5 Å². The predicted molar refractivity (Wildman–Crippen MR) is 74.2 cm³/mol. The van der Waals surface area contributed by atoms with Gasteiger partial charge >= 0.3 is 0 Å². The third-order valence-corrected chi connectivity index (χ3v) is 4.54. The van der Waals surface area contributed by atoms with Crippen LogP contribution < -0.4 is 5.32 Å². The highest BCUT2D eigenvalue weighted by atomic mass is 16.3. The largest absolute Gasteiger partial charge is 0.504 e. The number of phenols is 2. The van der Waals surface area contributed by atoms with Gasteiger partial charge in [0.25, 0.3) is 0 Å². The number of piperidine rings is 1. The van der Waals surface area contributed by atoms with Gasteiger partial charge in [-0.25, -0.2) is 0 Å². The van der Waals surface area contributed by atoms with E-state index < -0.39 is 0 Å². The standard InChI is InChI=1S/C15H22N2O2/c1-17(9-10-2-5-14(18)15(19)6-10)13-7-11-3-4-12(8-13)16-11/h2,5-6,11-13,16,18-19H,3-4,7-9H2,1H3. The zero-order chi connectivity index (χ0) is 13.4. The zero-order valence-electron chi connectivity index (χ0n) is 11.3. The first kappa shape index (κ1) is 12.8. The smallest absolute Gasteiger partial charge is 0.157 e. The van der Waals surface area contributed by atoms with Gasteiger partial charge in [-0.05, 0) is 50.4 Å². The summed E-state index contributed by atoms with van der Waals surface area (Å²) in [6, 6.07) is 7.10. The monoisotopic (exact) mass is 262 g/mol. The highest BCUT2D eigenvalue weighted by Crippen LogP contribution is 2.31. The van der Waals surface area contributed by atoms with E-state index in [4.69, 9.17) is 0 Å². The second kappa shape index (κ2) is 5.02. The van der Waals surface area contributed by atoms with E-state index >= 15 is 0 Å². The van der Waals surface area contributed by atoms with Gasteiger partial charge in [-0.15, -0.1) is 0 Å². The molecule has 4 heteroatoms. The fraction of sp³-hybridized carbons (Fsp3) is 0.600. The highest BCUT2D eigenvalue weighted by Gasteiger charge is 2.34. The Bertz CT molecular complexity index is 451. The number of fused-ring (bicyclic) bond motifs is 2. The molecule has 4 nitrogen and oxygen atoms in total. The van der Waals surface area contributed by atoms with Crippen LogP contribution in [0.1, 0.15) is 31.2 Å². The van der Waals surface area contributed by atoms with Crippen molar-refractivity contribution in [1.29, 1.82) is 0 Å². The molecule has 1 aromatic rings. The van der Waals surface area contributed by atoms with Crippen molar-refractivity contribution in [3.8, 4) is 11.5 Å². The first-order chi connectivity index (χ1) is 9.11. The number of nitrogens with one attached hydrogen (secondary N) is 1. The summed E-state index contributed by atoms with van der Waals surface area (Å²) in [6.07, 6.45) is 5.07. The molecule has 0 amide bonds. The Morgan fingerprint density at radius 1 is 1.16 bits per heavy atom. The number of nitrogens with zero attached hydrogens (tertiary/aromatic N) is 1. The Hall–Kier alpha value is -1.26. The van der Waals surface area contributed by atoms with Crippen molar-refractivity contribution >= 4 is 0 Å². The molecule has 3 N–H and O–H groups in total. The number of aromatic hydroxyl groups is 2. The molecule has 0 spiro atoms. The molecule has 3 rings (SSSR count). The maximum atomic E-state index is 9.54. The maximum absolute atomic E-state index is 9.54.